The highest BCUT2D eigenvalue weighted by atomic mass is 32.2. The molecule has 0 heterocycles. The fourth-order valence-corrected chi connectivity index (χ4v) is 4.70. The van der Waals surface area contributed by atoms with Crippen molar-refractivity contribution < 1.29 is 27.5 Å². The molecule has 1 unspecified atom stereocenters. The first-order valence-corrected chi connectivity index (χ1v) is 13.8. The predicted molar refractivity (Wildman–Crippen MR) is 141 cm³/mol. The van der Waals surface area contributed by atoms with Gasteiger partial charge in [0.25, 0.3) is 0 Å². The number of rotatable bonds is 14. The monoisotopic (exact) mass is 519 g/mol. The molecule has 198 valence electrons. The highest BCUT2D eigenvalue weighted by molar-refractivity contribution is 7.92. The van der Waals surface area contributed by atoms with Gasteiger partial charge in [-0.3, -0.25) is 13.9 Å². The van der Waals surface area contributed by atoms with E-state index in [0.717, 1.165) is 22.5 Å². The van der Waals surface area contributed by atoms with Gasteiger partial charge in [0.2, 0.25) is 21.8 Å². The largest absolute Gasteiger partial charge is 0.497 e. The second-order valence-electron chi connectivity index (χ2n) is 8.35. The van der Waals surface area contributed by atoms with Crippen LogP contribution in [-0.2, 0) is 26.0 Å². The number of methoxy groups -OCH3 is 2. The highest BCUT2D eigenvalue weighted by Crippen LogP contribution is 2.33. The molecule has 0 radical (unpaired) electrons. The zero-order chi connectivity index (χ0) is 26.7. The van der Waals surface area contributed by atoms with Crippen molar-refractivity contribution in [3.05, 3.63) is 54.1 Å². The molecule has 2 rings (SSSR count). The summed E-state index contributed by atoms with van der Waals surface area (Å²) in [6.45, 7) is 4.06. The average molecular weight is 520 g/mol. The van der Waals surface area contributed by atoms with Crippen molar-refractivity contribution >= 4 is 27.5 Å². The lowest BCUT2D eigenvalue weighted by atomic mass is 10.1. The third kappa shape index (κ3) is 7.87. The zero-order valence-electron chi connectivity index (χ0n) is 21.7. The Kier molecular flexibility index (Phi) is 11.0. The minimum atomic E-state index is -3.87. The van der Waals surface area contributed by atoms with E-state index in [9.17, 15) is 18.0 Å². The van der Waals surface area contributed by atoms with Gasteiger partial charge >= 0.3 is 0 Å². The third-order valence-electron chi connectivity index (χ3n) is 5.75. The number of hydrogen-bond acceptors (Lipinski definition) is 6. The van der Waals surface area contributed by atoms with Gasteiger partial charge < -0.3 is 19.7 Å². The molecule has 0 fully saturated rings. The van der Waals surface area contributed by atoms with E-state index in [1.54, 1.807) is 12.1 Å². The van der Waals surface area contributed by atoms with Crippen molar-refractivity contribution in [2.24, 2.45) is 0 Å². The number of sulfonamides is 1. The van der Waals surface area contributed by atoms with E-state index in [-0.39, 0.29) is 23.9 Å². The van der Waals surface area contributed by atoms with Crippen LogP contribution in [0.5, 0.6) is 11.5 Å². The second kappa shape index (κ2) is 13.7. The molecule has 9 nitrogen and oxygen atoms in total. The molecule has 2 aromatic carbocycles. The van der Waals surface area contributed by atoms with E-state index >= 15 is 0 Å². The molecule has 0 aromatic heterocycles. The molecule has 0 aliphatic rings. The number of benzene rings is 2. The van der Waals surface area contributed by atoms with Crippen LogP contribution in [-0.4, -0.2) is 71.3 Å². The molecule has 1 N–H and O–H groups in total. The zero-order valence-corrected chi connectivity index (χ0v) is 22.5. The number of anilines is 1. The summed E-state index contributed by atoms with van der Waals surface area (Å²) in [6, 6.07) is 13.6. The first-order valence-electron chi connectivity index (χ1n) is 12.0. The van der Waals surface area contributed by atoms with Crippen LogP contribution in [0.3, 0.4) is 0 Å². The van der Waals surface area contributed by atoms with Crippen LogP contribution in [0, 0.1) is 0 Å². The lowest BCUT2D eigenvalue weighted by Gasteiger charge is -2.33. The van der Waals surface area contributed by atoms with Crippen molar-refractivity contribution in [3.8, 4) is 11.5 Å². The summed E-state index contributed by atoms with van der Waals surface area (Å²) in [6.07, 6.45) is 2.71. The minimum Gasteiger partial charge on any atom is -0.497 e. The maximum Gasteiger partial charge on any atom is 0.244 e. The number of nitrogens with one attached hydrogen (secondary N) is 1. The molecule has 10 heteroatoms. The minimum absolute atomic E-state index is 0.209. The van der Waals surface area contributed by atoms with E-state index in [0.29, 0.717) is 25.1 Å². The van der Waals surface area contributed by atoms with Gasteiger partial charge in [0.05, 0.1) is 26.2 Å². The van der Waals surface area contributed by atoms with Gasteiger partial charge in [0, 0.05) is 19.2 Å². The summed E-state index contributed by atoms with van der Waals surface area (Å²) in [5.74, 6) is -0.00364. The molecule has 1 atom stereocenters. The van der Waals surface area contributed by atoms with Crippen LogP contribution < -0.4 is 19.1 Å². The molecule has 0 saturated carbocycles. The first-order chi connectivity index (χ1) is 17.2. The van der Waals surface area contributed by atoms with Gasteiger partial charge in [-0.2, -0.15) is 0 Å². The Hall–Kier alpha value is -3.27. The molecular weight excluding hydrogens is 482 g/mol. The van der Waals surface area contributed by atoms with E-state index in [2.05, 4.69) is 5.32 Å². The SMILES string of the molecule is CCCNC(=O)C(CC)N(CCc1ccccc1)C(=O)CN(c1ccc(OC)cc1OC)S(C)(=O)=O. The smallest absolute Gasteiger partial charge is 0.244 e. The highest BCUT2D eigenvalue weighted by Gasteiger charge is 2.32. The standard InChI is InChI=1S/C26H37N3O6S/c1-6-16-27-26(31)22(7-2)28(17-15-20-11-9-8-10-12-20)25(30)19-29(36(5,32)33)23-14-13-21(34-3)18-24(23)35-4/h8-14,18,22H,6-7,15-17,19H2,1-5H3,(H,27,31). The van der Waals surface area contributed by atoms with Crippen LogP contribution in [0.4, 0.5) is 5.69 Å². The van der Waals surface area contributed by atoms with Crippen LogP contribution >= 0.6 is 0 Å². The molecule has 0 aliphatic heterocycles. The Bertz CT molecular complexity index is 1110. The van der Waals surface area contributed by atoms with Crippen LogP contribution in [0.2, 0.25) is 0 Å². The van der Waals surface area contributed by atoms with Gasteiger partial charge in [0.1, 0.15) is 24.1 Å². The Morgan fingerprint density at radius 3 is 2.28 bits per heavy atom. The van der Waals surface area contributed by atoms with Crippen LogP contribution in [0.25, 0.3) is 0 Å². The molecule has 2 aromatic rings. The lowest BCUT2D eigenvalue weighted by molar-refractivity contribution is -0.139. The number of ether oxygens (including phenoxy) is 2. The maximum atomic E-state index is 13.7. The average Bonchev–Trinajstić information content (AvgIpc) is 2.87. The first kappa shape index (κ1) is 29.0. The Morgan fingerprint density at radius 2 is 1.72 bits per heavy atom. The quantitative estimate of drug-likeness (QED) is 0.412. The Morgan fingerprint density at radius 1 is 1.03 bits per heavy atom. The number of amides is 2. The van der Waals surface area contributed by atoms with Gasteiger partial charge in [-0.15, -0.1) is 0 Å². The van der Waals surface area contributed by atoms with E-state index in [4.69, 9.17) is 9.47 Å². The summed E-state index contributed by atoms with van der Waals surface area (Å²) in [7, 11) is -0.962. The number of hydrogen-bond donors (Lipinski definition) is 1. The van der Waals surface area contributed by atoms with Crippen molar-refractivity contribution in [2.75, 3.05) is 44.4 Å². The molecule has 0 bridgehead atoms. The summed E-state index contributed by atoms with van der Waals surface area (Å²) >= 11 is 0. The summed E-state index contributed by atoms with van der Waals surface area (Å²) in [4.78, 5) is 28.1. The molecule has 0 saturated heterocycles. The summed E-state index contributed by atoms with van der Waals surface area (Å²) < 4.78 is 37.2. The lowest BCUT2D eigenvalue weighted by Crippen LogP contribution is -2.53. The van der Waals surface area contributed by atoms with E-state index in [1.807, 2.05) is 44.2 Å². The molecular formula is C26H37N3O6S. The topological polar surface area (TPSA) is 105 Å². The number of carbonyl (C=O) groups is 2. The molecule has 2 amide bonds. The summed E-state index contributed by atoms with van der Waals surface area (Å²) in [5, 5.41) is 2.86. The Balaban J connectivity index is 2.42. The molecule has 0 aliphatic carbocycles. The van der Waals surface area contributed by atoms with Gasteiger partial charge in [-0.1, -0.05) is 44.2 Å². The Labute approximate surface area is 214 Å². The predicted octanol–water partition coefficient (Wildman–Crippen LogP) is 2.85. The maximum absolute atomic E-state index is 13.7. The van der Waals surface area contributed by atoms with E-state index in [1.165, 1.54) is 25.2 Å². The second-order valence-corrected chi connectivity index (χ2v) is 10.3. The molecule has 0 spiro atoms. The van der Waals surface area contributed by atoms with Gasteiger partial charge in [0.15, 0.2) is 0 Å². The number of nitrogens with zero attached hydrogens (tertiary/aromatic N) is 2. The van der Waals surface area contributed by atoms with Gasteiger partial charge in [-0.25, -0.2) is 8.42 Å². The fraction of sp³-hybridized carbons (Fsp3) is 0.462. The summed E-state index contributed by atoms with van der Waals surface area (Å²) in [5.41, 5.74) is 1.22. The third-order valence-corrected chi connectivity index (χ3v) is 6.88. The molecule has 36 heavy (non-hydrogen) atoms. The normalized spacial score (nSPS) is 11.9. The van der Waals surface area contributed by atoms with Crippen LogP contribution in [0.15, 0.2) is 48.5 Å². The van der Waals surface area contributed by atoms with Crippen LogP contribution in [0.1, 0.15) is 32.3 Å². The van der Waals surface area contributed by atoms with Crippen molar-refractivity contribution in [1.29, 1.82) is 0 Å². The number of carbonyl (C=O) groups excluding carboxylic acids is 2. The van der Waals surface area contributed by atoms with Gasteiger partial charge in [-0.05, 0) is 37.0 Å². The fourth-order valence-electron chi connectivity index (χ4n) is 3.85. The van der Waals surface area contributed by atoms with E-state index < -0.39 is 28.5 Å². The van der Waals surface area contributed by atoms with Crippen molar-refractivity contribution in [2.45, 2.75) is 39.2 Å². The van der Waals surface area contributed by atoms with Crippen molar-refractivity contribution in [1.82, 2.24) is 10.2 Å². The van der Waals surface area contributed by atoms with Crippen molar-refractivity contribution in [3.63, 3.8) is 0 Å².